The van der Waals surface area contributed by atoms with Crippen LogP contribution in [-0.4, -0.2) is 30.6 Å². The highest BCUT2D eigenvalue weighted by Crippen LogP contribution is 2.26. The monoisotopic (exact) mass is 245 g/mol. The minimum absolute atomic E-state index is 0.848. The zero-order valence-electron chi connectivity index (χ0n) is 9.63. The number of morpholine rings is 1. The van der Waals surface area contributed by atoms with Gasteiger partial charge in [-0.05, 0) is 34.9 Å². The molecule has 0 aromatic heterocycles. The first kappa shape index (κ1) is 11.1. The average Bonchev–Trinajstić information content (AvgIpc) is 2.40. The van der Waals surface area contributed by atoms with Crippen molar-refractivity contribution in [3.8, 4) is 0 Å². The fraction of sp³-hybridized carbons (Fsp3) is 0.286. The fourth-order valence-electron chi connectivity index (χ4n) is 2.01. The Balaban J connectivity index is 1.80. The van der Waals surface area contributed by atoms with Gasteiger partial charge in [0, 0.05) is 18.0 Å². The maximum atomic E-state index is 5.35. The Morgan fingerprint density at radius 3 is 2.53 bits per heavy atom. The van der Waals surface area contributed by atoms with Crippen molar-refractivity contribution in [1.82, 2.24) is 4.31 Å². The molecule has 0 bridgehead atoms. The standard InChI is InChI=1S/C14H15NOS/c1-2-4-13-11-14(6-5-12(13)3-1)17-15-7-9-16-10-8-15/h1-6,11H,7-10H2. The second-order valence-electron chi connectivity index (χ2n) is 4.14. The molecule has 0 spiro atoms. The smallest absolute Gasteiger partial charge is 0.0603 e. The number of benzene rings is 2. The van der Waals surface area contributed by atoms with Crippen LogP contribution in [0.3, 0.4) is 0 Å². The van der Waals surface area contributed by atoms with E-state index in [0.717, 1.165) is 26.3 Å². The Kier molecular flexibility index (Phi) is 3.31. The van der Waals surface area contributed by atoms with Crippen LogP contribution in [0.4, 0.5) is 0 Å². The highest BCUT2D eigenvalue weighted by Gasteiger charge is 2.11. The van der Waals surface area contributed by atoms with Gasteiger partial charge in [0.2, 0.25) is 0 Å². The molecule has 1 aliphatic rings. The fourth-order valence-corrected chi connectivity index (χ4v) is 2.95. The molecule has 0 atom stereocenters. The molecule has 1 saturated heterocycles. The molecule has 2 aromatic carbocycles. The van der Waals surface area contributed by atoms with Crippen LogP contribution >= 0.6 is 11.9 Å². The highest BCUT2D eigenvalue weighted by molar-refractivity contribution is 7.97. The lowest BCUT2D eigenvalue weighted by atomic mass is 10.1. The van der Waals surface area contributed by atoms with Gasteiger partial charge in [-0.3, -0.25) is 0 Å². The molecule has 1 heterocycles. The molecule has 3 rings (SSSR count). The van der Waals surface area contributed by atoms with E-state index in [1.54, 1.807) is 0 Å². The SMILES string of the molecule is c1ccc2cc(SN3CCOCC3)ccc2c1. The normalized spacial score (nSPS) is 17.4. The van der Waals surface area contributed by atoms with Gasteiger partial charge in [0.25, 0.3) is 0 Å². The molecule has 0 aliphatic carbocycles. The minimum Gasteiger partial charge on any atom is -0.379 e. The van der Waals surface area contributed by atoms with Gasteiger partial charge in [0.05, 0.1) is 13.2 Å². The first-order chi connectivity index (χ1) is 8.42. The first-order valence-corrected chi connectivity index (χ1v) is 6.69. The zero-order chi connectivity index (χ0) is 11.5. The van der Waals surface area contributed by atoms with Crippen molar-refractivity contribution in [2.45, 2.75) is 4.90 Å². The number of nitrogens with zero attached hydrogens (tertiary/aromatic N) is 1. The summed E-state index contributed by atoms with van der Waals surface area (Å²) in [7, 11) is 0. The number of hydrogen-bond acceptors (Lipinski definition) is 3. The molecule has 3 heteroatoms. The number of fused-ring (bicyclic) bond motifs is 1. The van der Waals surface area contributed by atoms with E-state index in [4.69, 9.17) is 4.74 Å². The lowest BCUT2D eigenvalue weighted by Crippen LogP contribution is -2.30. The summed E-state index contributed by atoms with van der Waals surface area (Å²) in [5.41, 5.74) is 0. The first-order valence-electron chi connectivity index (χ1n) is 5.91. The lowest BCUT2D eigenvalue weighted by molar-refractivity contribution is 0.0773. The molecule has 0 N–H and O–H groups in total. The van der Waals surface area contributed by atoms with Crippen LogP contribution < -0.4 is 0 Å². The second-order valence-corrected chi connectivity index (χ2v) is 5.31. The van der Waals surface area contributed by atoms with Crippen LogP contribution in [0.5, 0.6) is 0 Å². The summed E-state index contributed by atoms with van der Waals surface area (Å²) in [4.78, 5) is 1.31. The molecule has 2 aromatic rings. The van der Waals surface area contributed by atoms with Crippen LogP contribution in [-0.2, 0) is 4.74 Å². The topological polar surface area (TPSA) is 12.5 Å². The van der Waals surface area contributed by atoms with E-state index in [1.807, 2.05) is 11.9 Å². The molecular formula is C14H15NOS. The molecule has 88 valence electrons. The van der Waals surface area contributed by atoms with E-state index in [9.17, 15) is 0 Å². The summed E-state index contributed by atoms with van der Waals surface area (Å²) in [5, 5.41) is 2.62. The predicted octanol–water partition coefficient (Wildman–Crippen LogP) is 3.18. The van der Waals surface area contributed by atoms with Crippen LogP contribution in [0, 0.1) is 0 Å². The third kappa shape index (κ3) is 2.63. The lowest BCUT2D eigenvalue weighted by Gasteiger charge is -2.25. The number of ether oxygens (including phenoxy) is 1. The Hall–Kier alpha value is -1.03. The van der Waals surface area contributed by atoms with Gasteiger partial charge in [-0.15, -0.1) is 0 Å². The summed E-state index contributed by atoms with van der Waals surface area (Å²) in [5.74, 6) is 0. The Bertz CT molecular complexity index is 508. The van der Waals surface area contributed by atoms with Crippen molar-refractivity contribution in [3.05, 3.63) is 42.5 Å². The summed E-state index contributed by atoms with van der Waals surface area (Å²) < 4.78 is 7.72. The van der Waals surface area contributed by atoms with Gasteiger partial charge < -0.3 is 4.74 Å². The van der Waals surface area contributed by atoms with Crippen molar-refractivity contribution < 1.29 is 4.74 Å². The van der Waals surface area contributed by atoms with Gasteiger partial charge in [0.15, 0.2) is 0 Å². The Morgan fingerprint density at radius 1 is 0.941 bits per heavy atom. The van der Waals surface area contributed by atoms with Gasteiger partial charge in [0.1, 0.15) is 0 Å². The van der Waals surface area contributed by atoms with E-state index in [0.29, 0.717) is 0 Å². The van der Waals surface area contributed by atoms with Gasteiger partial charge in [-0.25, -0.2) is 4.31 Å². The third-order valence-corrected chi connectivity index (χ3v) is 4.01. The summed E-state index contributed by atoms with van der Waals surface area (Å²) >= 11 is 1.83. The predicted molar refractivity (Wildman–Crippen MR) is 72.2 cm³/mol. The van der Waals surface area contributed by atoms with E-state index >= 15 is 0 Å². The maximum Gasteiger partial charge on any atom is 0.0603 e. The van der Waals surface area contributed by atoms with Crippen molar-refractivity contribution in [1.29, 1.82) is 0 Å². The van der Waals surface area contributed by atoms with Crippen molar-refractivity contribution in [3.63, 3.8) is 0 Å². The van der Waals surface area contributed by atoms with E-state index < -0.39 is 0 Å². The quantitative estimate of drug-likeness (QED) is 0.754. The van der Waals surface area contributed by atoms with Crippen LogP contribution in [0.15, 0.2) is 47.4 Å². The molecule has 1 aliphatic heterocycles. The Labute approximate surface area is 106 Å². The summed E-state index contributed by atoms with van der Waals surface area (Å²) in [6.07, 6.45) is 0. The van der Waals surface area contributed by atoms with Crippen LogP contribution in [0.1, 0.15) is 0 Å². The van der Waals surface area contributed by atoms with Crippen molar-refractivity contribution >= 4 is 22.7 Å². The largest absolute Gasteiger partial charge is 0.379 e. The maximum absolute atomic E-state index is 5.35. The average molecular weight is 245 g/mol. The molecule has 0 saturated carbocycles. The van der Waals surface area contributed by atoms with Crippen molar-refractivity contribution in [2.75, 3.05) is 26.3 Å². The molecule has 0 unspecified atom stereocenters. The molecule has 0 amide bonds. The third-order valence-electron chi connectivity index (χ3n) is 2.93. The molecule has 17 heavy (non-hydrogen) atoms. The molecule has 2 nitrogen and oxygen atoms in total. The second kappa shape index (κ2) is 5.08. The van der Waals surface area contributed by atoms with Gasteiger partial charge in [-0.2, -0.15) is 0 Å². The van der Waals surface area contributed by atoms with Crippen LogP contribution in [0.2, 0.25) is 0 Å². The Morgan fingerprint density at radius 2 is 1.71 bits per heavy atom. The molecule has 1 fully saturated rings. The summed E-state index contributed by atoms with van der Waals surface area (Å²) in [6.45, 7) is 3.72. The van der Waals surface area contributed by atoms with E-state index in [1.165, 1.54) is 15.7 Å². The van der Waals surface area contributed by atoms with Gasteiger partial charge >= 0.3 is 0 Å². The van der Waals surface area contributed by atoms with E-state index in [-0.39, 0.29) is 0 Å². The highest BCUT2D eigenvalue weighted by atomic mass is 32.2. The molecular weight excluding hydrogens is 230 g/mol. The van der Waals surface area contributed by atoms with Crippen molar-refractivity contribution in [2.24, 2.45) is 0 Å². The summed E-state index contributed by atoms with van der Waals surface area (Å²) in [6, 6.07) is 15.1. The molecule has 0 radical (unpaired) electrons. The minimum atomic E-state index is 0.848. The number of rotatable bonds is 2. The van der Waals surface area contributed by atoms with E-state index in [2.05, 4.69) is 46.8 Å². The van der Waals surface area contributed by atoms with Gasteiger partial charge in [-0.1, -0.05) is 30.3 Å². The zero-order valence-corrected chi connectivity index (χ0v) is 10.5. The van der Waals surface area contributed by atoms with Crippen LogP contribution in [0.25, 0.3) is 10.8 Å². The number of hydrogen-bond donors (Lipinski definition) is 0.